The smallest absolute Gasteiger partial charge is 0.269 e. The quantitative estimate of drug-likeness (QED) is 0.441. The highest BCUT2D eigenvalue weighted by Crippen LogP contribution is 2.22. The van der Waals surface area contributed by atoms with Gasteiger partial charge in [0.25, 0.3) is 5.91 Å². The Morgan fingerprint density at radius 2 is 1.97 bits per heavy atom. The van der Waals surface area contributed by atoms with Gasteiger partial charge >= 0.3 is 0 Å². The molecule has 29 heavy (non-hydrogen) atoms. The zero-order valence-electron chi connectivity index (χ0n) is 16.4. The van der Waals surface area contributed by atoms with Gasteiger partial charge in [0.15, 0.2) is 0 Å². The molecular formula is C22H22N6O. The average Bonchev–Trinajstić information content (AvgIpc) is 3.23. The molecule has 3 N–H and O–H groups in total. The minimum absolute atomic E-state index is 0.200. The SMILES string of the molecule is Cc1cc2cccc(C)c2nc1NCCNC(=O)c1cc(-c2cccnc2)n[nH]1. The number of nitrogens with zero attached hydrogens (tertiary/aromatic N) is 3. The number of H-pyrrole nitrogens is 1. The topological polar surface area (TPSA) is 95.6 Å². The van der Waals surface area contributed by atoms with Gasteiger partial charge in [-0.15, -0.1) is 0 Å². The second-order valence-electron chi connectivity index (χ2n) is 6.89. The number of amides is 1. The predicted octanol–water partition coefficient (Wildman–Crippen LogP) is 3.48. The lowest BCUT2D eigenvalue weighted by atomic mass is 10.1. The van der Waals surface area contributed by atoms with Crippen molar-refractivity contribution < 1.29 is 4.79 Å². The van der Waals surface area contributed by atoms with Crippen LogP contribution in [0.4, 0.5) is 5.82 Å². The molecule has 0 aliphatic heterocycles. The van der Waals surface area contributed by atoms with Crippen LogP contribution in [0.1, 0.15) is 21.6 Å². The number of hydrogen-bond donors (Lipinski definition) is 3. The van der Waals surface area contributed by atoms with E-state index in [0.717, 1.165) is 33.4 Å². The average molecular weight is 386 g/mol. The van der Waals surface area contributed by atoms with Gasteiger partial charge in [0.05, 0.1) is 11.2 Å². The highest BCUT2D eigenvalue weighted by molar-refractivity contribution is 5.93. The summed E-state index contributed by atoms with van der Waals surface area (Å²) in [5.41, 5.74) is 5.17. The molecule has 1 aromatic carbocycles. The molecule has 7 heteroatoms. The van der Waals surface area contributed by atoms with E-state index in [0.29, 0.717) is 24.5 Å². The van der Waals surface area contributed by atoms with Crippen molar-refractivity contribution in [3.05, 3.63) is 71.7 Å². The zero-order valence-corrected chi connectivity index (χ0v) is 16.4. The van der Waals surface area contributed by atoms with Crippen molar-refractivity contribution in [2.75, 3.05) is 18.4 Å². The Morgan fingerprint density at radius 1 is 1.07 bits per heavy atom. The molecule has 0 radical (unpaired) electrons. The lowest BCUT2D eigenvalue weighted by Gasteiger charge is -2.11. The van der Waals surface area contributed by atoms with E-state index in [1.165, 1.54) is 0 Å². The van der Waals surface area contributed by atoms with Crippen LogP contribution in [0.25, 0.3) is 22.2 Å². The number of aromatic nitrogens is 4. The van der Waals surface area contributed by atoms with Crippen molar-refractivity contribution in [3.8, 4) is 11.3 Å². The molecule has 3 aromatic heterocycles. The second kappa shape index (κ2) is 8.10. The maximum Gasteiger partial charge on any atom is 0.269 e. The zero-order chi connectivity index (χ0) is 20.2. The normalized spacial score (nSPS) is 10.8. The molecule has 0 spiro atoms. The predicted molar refractivity (Wildman–Crippen MR) is 114 cm³/mol. The highest BCUT2D eigenvalue weighted by Gasteiger charge is 2.11. The van der Waals surface area contributed by atoms with E-state index in [1.807, 2.05) is 25.1 Å². The monoisotopic (exact) mass is 386 g/mol. The Hall–Kier alpha value is -3.74. The van der Waals surface area contributed by atoms with Crippen LogP contribution in [0.5, 0.6) is 0 Å². The summed E-state index contributed by atoms with van der Waals surface area (Å²) < 4.78 is 0. The number of para-hydroxylation sites is 1. The molecule has 0 bridgehead atoms. The summed E-state index contributed by atoms with van der Waals surface area (Å²) in [7, 11) is 0. The van der Waals surface area contributed by atoms with Crippen molar-refractivity contribution in [1.29, 1.82) is 0 Å². The Kier molecular flexibility index (Phi) is 5.20. The van der Waals surface area contributed by atoms with Gasteiger partial charge in [-0.3, -0.25) is 14.9 Å². The molecule has 4 aromatic rings. The number of carbonyl (C=O) groups is 1. The van der Waals surface area contributed by atoms with Crippen molar-refractivity contribution >= 4 is 22.6 Å². The Balaban J connectivity index is 1.34. The van der Waals surface area contributed by atoms with Crippen molar-refractivity contribution in [3.63, 3.8) is 0 Å². The number of benzene rings is 1. The van der Waals surface area contributed by atoms with Crippen LogP contribution < -0.4 is 10.6 Å². The van der Waals surface area contributed by atoms with Crippen LogP contribution in [0, 0.1) is 13.8 Å². The van der Waals surface area contributed by atoms with Gasteiger partial charge in [-0.25, -0.2) is 4.98 Å². The molecule has 0 atom stereocenters. The Bertz CT molecular complexity index is 1150. The maximum absolute atomic E-state index is 12.3. The van der Waals surface area contributed by atoms with Gasteiger partial charge in [0, 0.05) is 36.4 Å². The fraction of sp³-hybridized carbons (Fsp3) is 0.182. The molecule has 3 heterocycles. The Labute approximate surface area is 168 Å². The number of anilines is 1. The fourth-order valence-corrected chi connectivity index (χ4v) is 3.18. The van der Waals surface area contributed by atoms with Gasteiger partial charge in [-0.05, 0) is 49.2 Å². The number of aromatic amines is 1. The molecule has 0 aliphatic rings. The number of aryl methyl sites for hydroxylation is 2. The molecule has 7 nitrogen and oxygen atoms in total. The molecule has 0 saturated heterocycles. The summed E-state index contributed by atoms with van der Waals surface area (Å²) in [6, 6.07) is 13.7. The van der Waals surface area contributed by atoms with Gasteiger partial charge in [0.1, 0.15) is 11.5 Å². The number of carbonyl (C=O) groups excluding carboxylic acids is 1. The standard InChI is InChI=1S/C22H22N6O/c1-14-5-3-6-16-11-15(2)21(26-20(14)16)24-9-10-25-22(29)19-12-18(27-28-19)17-7-4-8-23-13-17/h3-8,11-13H,9-10H2,1-2H3,(H,24,26)(H,25,29)(H,27,28). The summed E-state index contributed by atoms with van der Waals surface area (Å²) in [6.07, 6.45) is 3.41. The third kappa shape index (κ3) is 4.08. The van der Waals surface area contributed by atoms with Gasteiger partial charge in [-0.1, -0.05) is 18.2 Å². The van der Waals surface area contributed by atoms with Crippen LogP contribution >= 0.6 is 0 Å². The van der Waals surface area contributed by atoms with Crippen molar-refractivity contribution in [2.45, 2.75) is 13.8 Å². The number of nitrogens with one attached hydrogen (secondary N) is 3. The summed E-state index contributed by atoms with van der Waals surface area (Å²) in [4.78, 5) is 21.2. The molecule has 146 valence electrons. The fourth-order valence-electron chi connectivity index (χ4n) is 3.18. The first kappa shape index (κ1) is 18.6. The van der Waals surface area contributed by atoms with Gasteiger partial charge in [0.2, 0.25) is 0 Å². The van der Waals surface area contributed by atoms with Crippen LogP contribution in [-0.4, -0.2) is 39.2 Å². The summed E-state index contributed by atoms with van der Waals surface area (Å²) in [5, 5.41) is 14.3. The van der Waals surface area contributed by atoms with Gasteiger partial charge in [-0.2, -0.15) is 5.10 Å². The minimum atomic E-state index is -0.200. The van der Waals surface area contributed by atoms with Crippen molar-refractivity contribution in [1.82, 2.24) is 25.5 Å². The first-order chi connectivity index (χ1) is 14.1. The number of fused-ring (bicyclic) bond motifs is 1. The third-order valence-electron chi connectivity index (χ3n) is 4.72. The molecular weight excluding hydrogens is 364 g/mol. The summed E-state index contributed by atoms with van der Waals surface area (Å²) >= 11 is 0. The minimum Gasteiger partial charge on any atom is -0.368 e. The van der Waals surface area contributed by atoms with Crippen molar-refractivity contribution in [2.24, 2.45) is 0 Å². The van der Waals surface area contributed by atoms with E-state index >= 15 is 0 Å². The van der Waals surface area contributed by atoms with Crippen LogP contribution in [-0.2, 0) is 0 Å². The van der Waals surface area contributed by atoms with Crippen LogP contribution in [0.15, 0.2) is 54.9 Å². The molecule has 1 amide bonds. The molecule has 0 aliphatic carbocycles. The third-order valence-corrected chi connectivity index (χ3v) is 4.72. The molecule has 0 unspecified atom stereocenters. The molecule has 0 saturated carbocycles. The van der Waals surface area contributed by atoms with E-state index in [4.69, 9.17) is 4.98 Å². The lowest BCUT2D eigenvalue weighted by molar-refractivity contribution is 0.0950. The number of hydrogen-bond acceptors (Lipinski definition) is 5. The van der Waals surface area contributed by atoms with Crippen LogP contribution in [0.3, 0.4) is 0 Å². The van der Waals surface area contributed by atoms with E-state index in [9.17, 15) is 4.79 Å². The van der Waals surface area contributed by atoms with E-state index in [-0.39, 0.29) is 5.91 Å². The lowest BCUT2D eigenvalue weighted by Crippen LogP contribution is -2.29. The highest BCUT2D eigenvalue weighted by atomic mass is 16.1. The summed E-state index contributed by atoms with van der Waals surface area (Å²) in [5.74, 6) is 0.634. The van der Waals surface area contributed by atoms with E-state index < -0.39 is 0 Å². The van der Waals surface area contributed by atoms with E-state index in [2.05, 4.69) is 50.9 Å². The first-order valence-electron chi connectivity index (χ1n) is 9.46. The first-order valence-corrected chi connectivity index (χ1v) is 9.46. The van der Waals surface area contributed by atoms with Gasteiger partial charge < -0.3 is 10.6 Å². The number of rotatable bonds is 6. The second-order valence-corrected chi connectivity index (χ2v) is 6.89. The molecule has 4 rings (SSSR count). The summed E-state index contributed by atoms with van der Waals surface area (Å²) in [6.45, 7) is 5.12. The van der Waals surface area contributed by atoms with Crippen LogP contribution in [0.2, 0.25) is 0 Å². The van der Waals surface area contributed by atoms with E-state index in [1.54, 1.807) is 18.5 Å². The number of pyridine rings is 2. The maximum atomic E-state index is 12.3. The largest absolute Gasteiger partial charge is 0.368 e. The Morgan fingerprint density at radius 3 is 2.79 bits per heavy atom. The molecule has 0 fully saturated rings.